The fourth-order valence-corrected chi connectivity index (χ4v) is 1.04. The van der Waals surface area contributed by atoms with Crippen molar-refractivity contribution in [3.63, 3.8) is 0 Å². The zero-order chi connectivity index (χ0) is 12.0. The second-order valence-corrected chi connectivity index (χ2v) is 3.25. The SMILES string of the molecule is CCC(=O)Oc1ccc(COC(C)=O)cc1. The molecule has 0 radical (unpaired) electrons. The summed E-state index contributed by atoms with van der Waals surface area (Å²) in [6.07, 6.45) is 0.342. The number of benzene rings is 1. The Morgan fingerprint density at radius 1 is 1.19 bits per heavy atom. The topological polar surface area (TPSA) is 52.6 Å². The fraction of sp³-hybridized carbons (Fsp3) is 0.333. The molecule has 0 saturated heterocycles. The van der Waals surface area contributed by atoms with E-state index in [1.165, 1.54) is 6.92 Å². The molecule has 0 saturated carbocycles. The molecule has 4 heteroatoms. The maximum atomic E-state index is 11.0. The molecule has 0 amide bonds. The number of hydrogen-bond acceptors (Lipinski definition) is 4. The highest BCUT2D eigenvalue weighted by Crippen LogP contribution is 2.13. The maximum Gasteiger partial charge on any atom is 0.310 e. The summed E-state index contributed by atoms with van der Waals surface area (Å²) >= 11 is 0. The molecule has 0 bridgehead atoms. The lowest BCUT2D eigenvalue weighted by Gasteiger charge is -2.04. The molecule has 0 atom stereocenters. The molecule has 16 heavy (non-hydrogen) atoms. The number of rotatable bonds is 4. The van der Waals surface area contributed by atoms with Gasteiger partial charge in [0.1, 0.15) is 12.4 Å². The van der Waals surface area contributed by atoms with Crippen LogP contribution in [0.25, 0.3) is 0 Å². The first-order chi connectivity index (χ1) is 7.61. The van der Waals surface area contributed by atoms with E-state index in [2.05, 4.69) is 0 Å². The average molecular weight is 222 g/mol. The van der Waals surface area contributed by atoms with E-state index >= 15 is 0 Å². The van der Waals surface area contributed by atoms with E-state index in [9.17, 15) is 9.59 Å². The first-order valence-electron chi connectivity index (χ1n) is 5.04. The van der Waals surface area contributed by atoms with E-state index in [1.54, 1.807) is 31.2 Å². The van der Waals surface area contributed by atoms with Crippen molar-refractivity contribution in [2.45, 2.75) is 26.9 Å². The van der Waals surface area contributed by atoms with Crippen LogP contribution in [0.1, 0.15) is 25.8 Å². The molecule has 0 aromatic heterocycles. The van der Waals surface area contributed by atoms with Crippen LogP contribution in [0.2, 0.25) is 0 Å². The lowest BCUT2D eigenvalue weighted by Crippen LogP contribution is -2.05. The lowest BCUT2D eigenvalue weighted by molar-refractivity contribution is -0.142. The Labute approximate surface area is 94.2 Å². The normalized spacial score (nSPS) is 9.62. The standard InChI is InChI=1S/C12H14O4/c1-3-12(14)16-11-6-4-10(5-7-11)8-15-9(2)13/h4-7H,3,8H2,1-2H3. The van der Waals surface area contributed by atoms with Crippen LogP contribution in [0.4, 0.5) is 0 Å². The van der Waals surface area contributed by atoms with E-state index in [0.717, 1.165) is 5.56 Å². The van der Waals surface area contributed by atoms with Crippen molar-refractivity contribution >= 4 is 11.9 Å². The van der Waals surface area contributed by atoms with Crippen molar-refractivity contribution in [2.75, 3.05) is 0 Å². The second-order valence-electron chi connectivity index (χ2n) is 3.25. The van der Waals surface area contributed by atoms with Crippen LogP contribution in [0.3, 0.4) is 0 Å². The summed E-state index contributed by atoms with van der Waals surface area (Å²) in [5.74, 6) is -0.0901. The molecule has 0 aliphatic rings. The Morgan fingerprint density at radius 2 is 1.81 bits per heavy atom. The third kappa shape index (κ3) is 4.13. The van der Waals surface area contributed by atoms with Crippen LogP contribution >= 0.6 is 0 Å². The molecule has 1 aromatic carbocycles. The summed E-state index contributed by atoms with van der Waals surface area (Å²) in [6.45, 7) is 3.33. The van der Waals surface area contributed by atoms with Gasteiger partial charge < -0.3 is 9.47 Å². The predicted octanol–water partition coefficient (Wildman–Crippen LogP) is 2.07. The van der Waals surface area contributed by atoms with Crippen molar-refractivity contribution in [2.24, 2.45) is 0 Å². The average Bonchev–Trinajstić information content (AvgIpc) is 2.28. The van der Waals surface area contributed by atoms with E-state index < -0.39 is 0 Å². The summed E-state index contributed by atoms with van der Waals surface area (Å²) in [5.41, 5.74) is 0.853. The molecular weight excluding hydrogens is 208 g/mol. The Balaban J connectivity index is 2.54. The van der Waals surface area contributed by atoms with Crippen molar-refractivity contribution in [3.8, 4) is 5.75 Å². The summed E-state index contributed by atoms with van der Waals surface area (Å²) in [4.78, 5) is 21.6. The largest absolute Gasteiger partial charge is 0.461 e. The van der Waals surface area contributed by atoms with E-state index in [0.29, 0.717) is 12.2 Å². The van der Waals surface area contributed by atoms with Gasteiger partial charge in [0.05, 0.1) is 0 Å². The molecule has 4 nitrogen and oxygen atoms in total. The number of carbonyl (C=O) groups is 2. The van der Waals surface area contributed by atoms with Gasteiger partial charge in [-0.15, -0.1) is 0 Å². The number of ether oxygens (including phenoxy) is 2. The molecule has 0 unspecified atom stereocenters. The zero-order valence-electron chi connectivity index (χ0n) is 9.36. The zero-order valence-corrected chi connectivity index (χ0v) is 9.36. The smallest absolute Gasteiger partial charge is 0.310 e. The molecule has 86 valence electrons. The quantitative estimate of drug-likeness (QED) is 0.578. The minimum atomic E-state index is -0.318. The first kappa shape index (κ1) is 12.2. The van der Waals surface area contributed by atoms with Crippen LogP contribution in [0, 0.1) is 0 Å². The van der Waals surface area contributed by atoms with Gasteiger partial charge in [-0.3, -0.25) is 9.59 Å². The van der Waals surface area contributed by atoms with Gasteiger partial charge in [0.25, 0.3) is 0 Å². The van der Waals surface area contributed by atoms with Gasteiger partial charge >= 0.3 is 11.9 Å². The number of carbonyl (C=O) groups excluding carboxylic acids is 2. The van der Waals surface area contributed by atoms with Gasteiger partial charge in [-0.2, -0.15) is 0 Å². The van der Waals surface area contributed by atoms with Crippen molar-refractivity contribution in [1.29, 1.82) is 0 Å². The molecular formula is C12H14O4. The van der Waals surface area contributed by atoms with Crippen LogP contribution < -0.4 is 4.74 Å². The minimum Gasteiger partial charge on any atom is -0.461 e. The summed E-state index contributed by atoms with van der Waals surface area (Å²) in [5, 5.41) is 0. The van der Waals surface area contributed by atoms with Crippen LogP contribution in [-0.4, -0.2) is 11.9 Å². The van der Waals surface area contributed by atoms with Crippen LogP contribution in [0.15, 0.2) is 24.3 Å². The Kier molecular flexibility index (Phi) is 4.51. The molecule has 0 N–H and O–H groups in total. The fourth-order valence-electron chi connectivity index (χ4n) is 1.04. The van der Waals surface area contributed by atoms with Gasteiger partial charge in [-0.1, -0.05) is 19.1 Å². The number of hydrogen-bond donors (Lipinski definition) is 0. The second kappa shape index (κ2) is 5.90. The van der Waals surface area contributed by atoms with Crippen molar-refractivity contribution < 1.29 is 19.1 Å². The van der Waals surface area contributed by atoms with E-state index in [-0.39, 0.29) is 18.5 Å². The maximum absolute atomic E-state index is 11.0. The van der Waals surface area contributed by atoms with E-state index in [1.807, 2.05) is 0 Å². The van der Waals surface area contributed by atoms with Crippen LogP contribution in [0.5, 0.6) is 5.75 Å². The lowest BCUT2D eigenvalue weighted by atomic mass is 10.2. The molecule has 0 aliphatic carbocycles. The van der Waals surface area contributed by atoms with Gasteiger partial charge in [0.15, 0.2) is 0 Å². The van der Waals surface area contributed by atoms with Gasteiger partial charge in [-0.05, 0) is 17.7 Å². The third-order valence-corrected chi connectivity index (χ3v) is 1.89. The molecule has 0 heterocycles. The highest BCUT2D eigenvalue weighted by Gasteiger charge is 2.02. The van der Waals surface area contributed by atoms with Crippen molar-refractivity contribution in [3.05, 3.63) is 29.8 Å². The Bertz CT molecular complexity index is 367. The van der Waals surface area contributed by atoms with E-state index in [4.69, 9.17) is 9.47 Å². The Hall–Kier alpha value is -1.84. The molecule has 0 aliphatic heterocycles. The molecule has 1 aromatic rings. The molecule has 0 spiro atoms. The summed E-state index contributed by atoms with van der Waals surface area (Å²) in [6, 6.07) is 6.85. The summed E-state index contributed by atoms with van der Waals surface area (Å²) < 4.78 is 9.82. The van der Waals surface area contributed by atoms with Gasteiger partial charge in [-0.25, -0.2) is 0 Å². The van der Waals surface area contributed by atoms with Crippen LogP contribution in [-0.2, 0) is 20.9 Å². The number of esters is 2. The third-order valence-electron chi connectivity index (χ3n) is 1.89. The first-order valence-corrected chi connectivity index (χ1v) is 5.04. The predicted molar refractivity (Wildman–Crippen MR) is 57.8 cm³/mol. The molecule has 1 rings (SSSR count). The van der Waals surface area contributed by atoms with Gasteiger partial charge in [0, 0.05) is 13.3 Å². The highest BCUT2D eigenvalue weighted by molar-refractivity contribution is 5.71. The minimum absolute atomic E-state index is 0.233. The monoisotopic (exact) mass is 222 g/mol. The Morgan fingerprint density at radius 3 is 2.31 bits per heavy atom. The molecule has 0 fully saturated rings. The summed E-state index contributed by atoms with van der Waals surface area (Å²) in [7, 11) is 0. The van der Waals surface area contributed by atoms with Gasteiger partial charge in [0.2, 0.25) is 0 Å². The highest BCUT2D eigenvalue weighted by atomic mass is 16.5. The van der Waals surface area contributed by atoms with Crippen molar-refractivity contribution in [1.82, 2.24) is 0 Å².